The smallest absolute Gasteiger partial charge is 0.293 e. The Morgan fingerprint density at radius 1 is 1.09 bits per heavy atom. The standard InChI is InChI=1S/C21H26N4O6S/c1-4-31-17-6-8-18(9-7-17)32(29,30)24-13-11-23(12-14-24)21(26)16-5-10-19(22(2)3)20(15-16)25(27)28/h5-10,15H,4,11-14H2,1-3H3. The van der Waals surface area contributed by atoms with Crippen LogP contribution in [-0.4, -0.2) is 75.3 Å². The highest BCUT2D eigenvalue weighted by Gasteiger charge is 2.31. The van der Waals surface area contributed by atoms with Gasteiger partial charge in [-0.3, -0.25) is 14.9 Å². The van der Waals surface area contributed by atoms with Crippen molar-refractivity contribution in [2.75, 3.05) is 51.8 Å². The highest BCUT2D eigenvalue weighted by atomic mass is 32.2. The molecule has 1 amide bonds. The Morgan fingerprint density at radius 2 is 1.72 bits per heavy atom. The molecule has 0 bridgehead atoms. The average Bonchev–Trinajstić information content (AvgIpc) is 2.78. The molecule has 0 saturated carbocycles. The van der Waals surface area contributed by atoms with Gasteiger partial charge in [0, 0.05) is 51.9 Å². The lowest BCUT2D eigenvalue weighted by atomic mass is 10.1. The van der Waals surface area contributed by atoms with Gasteiger partial charge in [-0.05, 0) is 43.3 Å². The second-order valence-electron chi connectivity index (χ2n) is 7.46. The van der Waals surface area contributed by atoms with Gasteiger partial charge in [0.2, 0.25) is 10.0 Å². The van der Waals surface area contributed by atoms with Crippen molar-refractivity contribution in [3.05, 3.63) is 58.1 Å². The molecule has 1 saturated heterocycles. The number of anilines is 1. The number of sulfonamides is 1. The molecule has 0 aromatic heterocycles. The molecule has 11 heteroatoms. The predicted octanol–water partition coefficient (Wildman–Crippen LogP) is 2.21. The first-order valence-electron chi connectivity index (χ1n) is 10.1. The van der Waals surface area contributed by atoms with Gasteiger partial charge in [-0.2, -0.15) is 4.31 Å². The monoisotopic (exact) mass is 462 g/mol. The zero-order valence-corrected chi connectivity index (χ0v) is 19.0. The number of rotatable bonds is 7. The van der Waals surface area contributed by atoms with Gasteiger partial charge in [-0.1, -0.05) is 0 Å². The summed E-state index contributed by atoms with van der Waals surface area (Å²) in [4.78, 5) is 27.0. The van der Waals surface area contributed by atoms with Gasteiger partial charge in [0.15, 0.2) is 0 Å². The Bertz CT molecular complexity index is 1090. The van der Waals surface area contributed by atoms with Crippen LogP contribution in [-0.2, 0) is 10.0 Å². The van der Waals surface area contributed by atoms with E-state index in [0.29, 0.717) is 18.0 Å². The summed E-state index contributed by atoms with van der Waals surface area (Å²) in [6, 6.07) is 10.6. The lowest BCUT2D eigenvalue weighted by molar-refractivity contribution is -0.384. The molecule has 0 unspecified atom stereocenters. The number of amides is 1. The van der Waals surface area contributed by atoms with Crippen LogP contribution in [0.2, 0.25) is 0 Å². The van der Waals surface area contributed by atoms with Crippen LogP contribution in [0.3, 0.4) is 0 Å². The van der Waals surface area contributed by atoms with E-state index >= 15 is 0 Å². The quantitative estimate of drug-likeness (QED) is 0.458. The summed E-state index contributed by atoms with van der Waals surface area (Å²) in [5, 5.41) is 11.4. The van der Waals surface area contributed by atoms with Crippen molar-refractivity contribution in [3.63, 3.8) is 0 Å². The Kier molecular flexibility index (Phi) is 6.99. The molecule has 0 aliphatic carbocycles. The SMILES string of the molecule is CCOc1ccc(S(=O)(=O)N2CCN(C(=O)c3ccc(N(C)C)c([N+](=O)[O-])c3)CC2)cc1. The number of hydrogen-bond acceptors (Lipinski definition) is 7. The topological polar surface area (TPSA) is 113 Å². The van der Waals surface area contributed by atoms with Gasteiger partial charge in [0.05, 0.1) is 16.4 Å². The van der Waals surface area contributed by atoms with E-state index in [-0.39, 0.29) is 48.2 Å². The first kappa shape index (κ1) is 23.5. The van der Waals surface area contributed by atoms with Crippen LogP contribution in [0.5, 0.6) is 5.75 Å². The number of nitro benzene ring substituents is 1. The number of benzene rings is 2. The van der Waals surface area contributed by atoms with Gasteiger partial charge in [0.25, 0.3) is 11.6 Å². The number of nitro groups is 1. The molecule has 0 radical (unpaired) electrons. The maximum absolute atomic E-state index is 12.9. The molecule has 1 fully saturated rings. The minimum absolute atomic E-state index is 0.138. The van der Waals surface area contributed by atoms with Crippen molar-refractivity contribution in [3.8, 4) is 5.75 Å². The van der Waals surface area contributed by atoms with E-state index in [2.05, 4.69) is 0 Å². The number of carbonyl (C=O) groups excluding carboxylic acids is 1. The largest absolute Gasteiger partial charge is 0.494 e. The Balaban J connectivity index is 1.70. The normalized spacial score (nSPS) is 14.8. The average molecular weight is 463 g/mol. The summed E-state index contributed by atoms with van der Waals surface area (Å²) in [5.41, 5.74) is 0.445. The number of ether oxygens (including phenoxy) is 1. The molecule has 3 rings (SSSR count). The van der Waals surface area contributed by atoms with Crippen molar-refractivity contribution < 1.29 is 22.9 Å². The van der Waals surface area contributed by atoms with Crippen molar-refractivity contribution in [1.82, 2.24) is 9.21 Å². The van der Waals surface area contributed by atoms with Crippen LogP contribution in [0.1, 0.15) is 17.3 Å². The van der Waals surface area contributed by atoms with Gasteiger partial charge >= 0.3 is 0 Å². The molecule has 1 aliphatic heterocycles. The summed E-state index contributed by atoms with van der Waals surface area (Å²) in [6.45, 7) is 3.00. The van der Waals surface area contributed by atoms with E-state index in [1.165, 1.54) is 33.5 Å². The molecular formula is C21H26N4O6S. The molecule has 0 spiro atoms. The zero-order chi connectivity index (χ0) is 23.5. The Morgan fingerprint density at radius 3 is 2.25 bits per heavy atom. The van der Waals surface area contributed by atoms with Gasteiger partial charge in [0.1, 0.15) is 11.4 Å². The van der Waals surface area contributed by atoms with Crippen LogP contribution >= 0.6 is 0 Å². The highest BCUT2D eigenvalue weighted by Crippen LogP contribution is 2.28. The lowest BCUT2D eigenvalue weighted by Gasteiger charge is -2.34. The van der Waals surface area contributed by atoms with Crippen LogP contribution in [0, 0.1) is 10.1 Å². The molecule has 10 nitrogen and oxygen atoms in total. The zero-order valence-electron chi connectivity index (χ0n) is 18.2. The minimum atomic E-state index is -3.70. The first-order valence-corrected chi connectivity index (χ1v) is 11.6. The van der Waals surface area contributed by atoms with Crippen LogP contribution in [0.4, 0.5) is 11.4 Å². The summed E-state index contributed by atoms with van der Waals surface area (Å²) in [5.74, 6) is 0.229. The van der Waals surface area contributed by atoms with Gasteiger partial charge in [-0.15, -0.1) is 0 Å². The molecule has 0 atom stereocenters. The molecule has 0 N–H and O–H groups in total. The van der Waals surface area contributed by atoms with Gasteiger partial charge in [-0.25, -0.2) is 8.42 Å². The Hall–Kier alpha value is -3.18. The third-order valence-corrected chi connectivity index (χ3v) is 7.11. The fourth-order valence-electron chi connectivity index (χ4n) is 3.52. The highest BCUT2D eigenvalue weighted by molar-refractivity contribution is 7.89. The molecule has 1 aliphatic rings. The molecule has 1 heterocycles. The third-order valence-electron chi connectivity index (χ3n) is 5.20. The maximum Gasteiger partial charge on any atom is 0.293 e. The minimum Gasteiger partial charge on any atom is -0.494 e. The van der Waals surface area contributed by atoms with E-state index in [1.807, 2.05) is 6.92 Å². The number of nitrogens with zero attached hydrogens (tertiary/aromatic N) is 4. The van der Waals surface area contributed by atoms with Crippen LogP contribution < -0.4 is 9.64 Å². The first-order chi connectivity index (χ1) is 15.1. The number of piperazine rings is 1. The molecule has 172 valence electrons. The predicted molar refractivity (Wildman–Crippen MR) is 120 cm³/mol. The summed E-state index contributed by atoms with van der Waals surface area (Å²) in [7, 11) is -0.319. The van der Waals surface area contributed by atoms with Crippen LogP contribution in [0.15, 0.2) is 47.4 Å². The van der Waals surface area contributed by atoms with E-state index in [9.17, 15) is 23.3 Å². The van der Waals surface area contributed by atoms with Crippen molar-refractivity contribution in [1.29, 1.82) is 0 Å². The second-order valence-corrected chi connectivity index (χ2v) is 9.39. The fraction of sp³-hybridized carbons (Fsp3) is 0.381. The van der Waals surface area contributed by atoms with Crippen molar-refractivity contribution >= 4 is 27.3 Å². The van der Waals surface area contributed by atoms with E-state index in [0.717, 1.165) is 0 Å². The summed E-state index contributed by atoms with van der Waals surface area (Å²) < 4.78 is 32.5. The Labute approximate surface area is 187 Å². The van der Waals surface area contributed by atoms with Gasteiger partial charge < -0.3 is 14.5 Å². The molecule has 2 aromatic carbocycles. The van der Waals surface area contributed by atoms with Crippen LogP contribution in [0.25, 0.3) is 0 Å². The second kappa shape index (κ2) is 9.53. The summed E-state index contributed by atoms with van der Waals surface area (Å²) in [6.07, 6.45) is 0. The fourth-order valence-corrected chi connectivity index (χ4v) is 4.94. The molecule has 2 aromatic rings. The maximum atomic E-state index is 12.9. The lowest BCUT2D eigenvalue weighted by Crippen LogP contribution is -2.50. The van der Waals surface area contributed by atoms with Crippen molar-refractivity contribution in [2.24, 2.45) is 0 Å². The van der Waals surface area contributed by atoms with E-state index in [4.69, 9.17) is 4.74 Å². The van der Waals surface area contributed by atoms with Crippen molar-refractivity contribution in [2.45, 2.75) is 11.8 Å². The summed E-state index contributed by atoms with van der Waals surface area (Å²) >= 11 is 0. The number of carbonyl (C=O) groups is 1. The molecular weight excluding hydrogens is 436 g/mol. The van der Waals surface area contributed by atoms with E-state index < -0.39 is 14.9 Å². The number of hydrogen-bond donors (Lipinski definition) is 0. The molecule has 32 heavy (non-hydrogen) atoms. The van der Waals surface area contributed by atoms with E-state index in [1.54, 1.807) is 37.2 Å². The third kappa shape index (κ3) is 4.83.